The molecule has 6 heteroatoms. The minimum Gasteiger partial charge on any atom is -0.477 e. The molecule has 1 fully saturated rings. The minimum absolute atomic E-state index is 0.0180. The lowest BCUT2D eigenvalue weighted by molar-refractivity contribution is -0.124. The number of carbonyl (C=O) groups is 2. The van der Waals surface area contributed by atoms with Gasteiger partial charge < -0.3 is 14.7 Å². The Morgan fingerprint density at radius 2 is 1.97 bits per heavy atom. The number of thiophene rings is 1. The number of carboxylic acids is 1. The summed E-state index contributed by atoms with van der Waals surface area (Å²) in [6.07, 6.45) is 4.46. The van der Waals surface area contributed by atoms with E-state index in [1.54, 1.807) is 18.1 Å². The molecular formula is C23H33NO4S. The molecule has 1 aliphatic rings. The zero-order valence-electron chi connectivity index (χ0n) is 18.2. The first-order chi connectivity index (χ1) is 13.8. The van der Waals surface area contributed by atoms with Crippen LogP contribution in [0.1, 0.15) is 74.3 Å². The van der Waals surface area contributed by atoms with E-state index < -0.39 is 5.97 Å². The van der Waals surface area contributed by atoms with Gasteiger partial charge >= 0.3 is 5.97 Å². The lowest BCUT2D eigenvalue weighted by atomic mass is 9.82. The van der Waals surface area contributed by atoms with Gasteiger partial charge in [-0.15, -0.1) is 11.3 Å². The fraction of sp³-hybridized carbons (Fsp3) is 0.652. The molecule has 1 aromatic heterocycles. The highest BCUT2D eigenvalue weighted by Crippen LogP contribution is 2.36. The van der Waals surface area contributed by atoms with Crippen LogP contribution in [0.5, 0.6) is 0 Å². The van der Waals surface area contributed by atoms with Crippen molar-refractivity contribution in [2.45, 2.75) is 65.8 Å². The quantitative estimate of drug-likeness (QED) is 0.629. The average molecular weight is 420 g/mol. The third-order valence-corrected chi connectivity index (χ3v) is 6.48. The number of ether oxygens (including phenoxy) is 1. The summed E-state index contributed by atoms with van der Waals surface area (Å²) in [7, 11) is 1.61. The Morgan fingerprint density at radius 3 is 2.48 bits per heavy atom. The van der Waals surface area contributed by atoms with Crippen molar-refractivity contribution < 1.29 is 19.4 Å². The van der Waals surface area contributed by atoms with Crippen LogP contribution in [0.3, 0.4) is 0 Å². The Balaban J connectivity index is 2.48. The van der Waals surface area contributed by atoms with Crippen molar-refractivity contribution in [3.8, 4) is 11.8 Å². The van der Waals surface area contributed by atoms with Gasteiger partial charge in [-0.25, -0.2) is 4.79 Å². The Hall–Kier alpha value is -1.84. The lowest BCUT2D eigenvalue weighted by Crippen LogP contribution is -2.46. The van der Waals surface area contributed by atoms with Gasteiger partial charge in [0, 0.05) is 18.9 Å². The second-order valence-electron chi connectivity index (χ2n) is 8.24. The molecule has 0 saturated heterocycles. The van der Waals surface area contributed by atoms with E-state index in [1.165, 1.54) is 0 Å². The summed E-state index contributed by atoms with van der Waals surface area (Å²) in [5.74, 6) is 5.91. The molecule has 0 radical (unpaired) electrons. The van der Waals surface area contributed by atoms with Crippen molar-refractivity contribution >= 4 is 28.9 Å². The number of hydrogen-bond acceptors (Lipinski definition) is 4. The van der Waals surface area contributed by atoms with E-state index in [0.29, 0.717) is 29.5 Å². The molecule has 160 valence electrons. The molecule has 1 aromatic rings. The maximum atomic E-state index is 13.6. The van der Waals surface area contributed by atoms with E-state index in [-0.39, 0.29) is 28.7 Å². The Labute approximate surface area is 178 Å². The van der Waals surface area contributed by atoms with Crippen LogP contribution in [0, 0.1) is 29.6 Å². The lowest BCUT2D eigenvalue weighted by Gasteiger charge is -2.35. The molecule has 0 aliphatic heterocycles. The highest BCUT2D eigenvalue weighted by atomic mass is 32.1. The molecule has 0 aromatic carbocycles. The first-order valence-electron chi connectivity index (χ1n) is 10.5. The van der Waals surface area contributed by atoms with E-state index in [1.807, 2.05) is 20.8 Å². The maximum Gasteiger partial charge on any atom is 0.348 e. The highest BCUT2D eigenvalue weighted by molar-refractivity contribution is 7.15. The van der Waals surface area contributed by atoms with Gasteiger partial charge in [-0.05, 0) is 44.1 Å². The minimum atomic E-state index is -1.02. The Morgan fingerprint density at radius 1 is 1.31 bits per heavy atom. The number of hydrogen-bond donors (Lipinski definition) is 1. The van der Waals surface area contributed by atoms with Gasteiger partial charge in [-0.1, -0.05) is 39.5 Å². The van der Waals surface area contributed by atoms with Gasteiger partial charge in [0.15, 0.2) is 0 Å². The summed E-state index contributed by atoms with van der Waals surface area (Å²) in [5, 5.41) is 9.81. The van der Waals surface area contributed by atoms with E-state index >= 15 is 0 Å². The van der Waals surface area contributed by atoms with Crippen LogP contribution in [-0.4, -0.2) is 36.7 Å². The van der Waals surface area contributed by atoms with Crippen LogP contribution in [-0.2, 0) is 9.53 Å². The van der Waals surface area contributed by atoms with Crippen molar-refractivity contribution in [2.24, 2.45) is 17.8 Å². The summed E-state index contributed by atoms with van der Waals surface area (Å²) < 4.78 is 5.37. The number of aromatic carboxylic acids is 1. The highest BCUT2D eigenvalue weighted by Gasteiger charge is 2.35. The molecule has 1 heterocycles. The number of carboxylic acid groups (broad SMARTS) is 1. The number of carbonyl (C=O) groups excluding carboxylic acids is 1. The van der Waals surface area contributed by atoms with E-state index in [9.17, 15) is 14.7 Å². The van der Waals surface area contributed by atoms with E-state index in [0.717, 1.165) is 37.0 Å². The molecule has 1 aliphatic carbocycles. The molecular weight excluding hydrogens is 386 g/mol. The molecule has 0 unspecified atom stereocenters. The predicted molar refractivity (Wildman–Crippen MR) is 118 cm³/mol. The van der Waals surface area contributed by atoms with E-state index in [4.69, 9.17) is 4.74 Å². The zero-order chi connectivity index (χ0) is 21.6. The van der Waals surface area contributed by atoms with Gasteiger partial charge in [-0.2, -0.15) is 0 Å². The molecule has 1 amide bonds. The van der Waals surface area contributed by atoms with Gasteiger partial charge in [0.1, 0.15) is 4.88 Å². The fourth-order valence-corrected chi connectivity index (χ4v) is 4.61. The summed E-state index contributed by atoms with van der Waals surface area (Å²) >= 11 is 1.14. The molecule has 5 nitrogen and oxygen atoms in total. The van der Waals surface area contributed by atoms with Crippen molar-refractivity contribution in [1.82, 2.24) is 0 Å². The second-order valence-corrected chi connectivity index (χ2v) is 9.29. The summed E-state index contributed by atoms with van der Waals surface area (Å²) in [5.41, 5.74) is 0.461. The third kappa shape index (κ3) is 6.07. The number of methoxy groups -OCH3 is 1. The van der Waals surface area contributed by atoms with Crippen molar-refractivity contribution in [2.75, 3.05) is 18.6 Å². The topological polar surface area (TPSA) is 66.8 Å². The first kappa shape index (κ1) is 23.4. The number of anilines is 1. The smallest absolute Gasteiger partial charge is 0.348 e. The molecule has 1 atom stereocenters. The van der Waals surface area contributed by atoms with Crippen molar-refractivity contribution in [1.29, 1.82) is 0 Å². The molecule has 1 saturated carbocycles. The summed E-state index contributed by atoms with van der Waals surface area (Å²) in [6, 6.07) is 1.57. The van der Waals surface area contributed by atoms with Gasteiger partial charge in [-0.3, -0.25) is 4.79 Å². The van der Waals surface area contributed by atoms with Gasteiger partial charge in [0.05, 0.1) is 23.2 Å². The maximum absolute atomic E-state index is 13.6. The second kappa shape index (κ2) is 10.8. The van der Waals surface area contributed by atoms with Crippen LogP contribution >= 0.6 is 11.3 Å². The van der Waals surface area contributed by atoms with Crippen molar-refractivity contribution in [3.63, 3.8) is 0 Å². The zero-order valence-corrected chi connectivity index (χ0v) is 19.0. The van der Waals surface area contributed by atoms with Crippen LogP contribution in [0.4, 0.5) is 5.69 Å². The predicted octanol–water partition coefficient (Wildman–Crippen LogP) is 5.04. The third-order valence-electron chi connectivity index (χ3n) is 5.45. The van der Waals surface area contributed by atoms with Crippen molar-refractivity contribution in [3.05, 3.63) is 15.8 Å². The average Bonchev–Trinajstić information content (AvgIpc) is 3.10. The molecule has 2 rings (SSSR count). The number of rotatable bonds is 7. The molecule has 0 bridgehead atoms. The summed E-state index contributed by atoms with van der Waals surface area (Å²) in [4.78, 5) is 28.1. The standard InChI is InChI=1S/C23H33NO4S/c1-6-18(14-28-5)24(22(25)17-10-8-16(4)9-11-17)20-13-19(12-7-15(2)3)29-21(20)23(26)27/h13,15-18H,6,8-11,14H2,1-5H3,(H,26,27)/t16?,17?,18-/m1/s1. The van der Waals surface area contributed by atoms with Crippen LogP contribution in [0.25, 0.3) is 0 Å². The largest absolute Gasteiger partial charge is 0.477 e. The number of nitrogens with zero attached hydrogens (tertiary/aromatic N) is 1. The van der Waals surface area contributed by atoms with Gasteiger partial charge in [0.25, 0.3) is 0 Å². The van der Waals surface area contributed by atoms with Crippen LogP contribution in [0.15, 0.2) is 6.07 Å². The van der Waals surface area contributed by atoms with E-state index in [2.05, 4.69) is 18.8 Å². The van der Waals surface area contributed by atoms with Gasteiger partial charge in [0.2, 0.25) is 5.91 Å². The summed E-state index contributed by atoms with van der Waals surface area (Å²) in [6.45, 7) is 8.57. The Bertz CT molecular complexity index is 766. The Kier molecular flexibility index (Phi) is 8.73. The molecule has 0 spiro atoms. The van der Waals surface area contributed by atoms with Crippen LogP contribution in [0.2, 0.25) is 0 Å². The first-order valence-corrected chi connectivity index (χ1v) is 11.3. The SMILES string of the molecule is CC[C@H](COC)N(C(=O)C1CCC(C)CC1)c1cc(C#CC(C)C)sc1C(=O)O. The monoisotopic (exact) mass is 419 g/mol. The molecule has 1 N–H and O–H groups in total. The normalized spacial score (nSPS) is 20.1. The number of amides is 1. The van der Waals surface area contributed by atoms with Crippen LogP contribution < -0.4 is 4.90 Å². The fourth-order valence-electron chi connectivity index (χ4n) is 3.76. The molecule has 29 heavy (non-hydrogen) atoms.